The highest BCUT2D eigenvalue weighted by Crippen LogP contribution is 2.19. The average molecular weight is 316 g/mol. The van der Waals surface area contributed by atoms with Crippen molar-refractivity contribution in [2.45, 2.75) is 25.4 Å². The second kappa shape index (κ2) is 6.91. The van der Waals surface area contributed by atoms with Gasteiger partial charge in [0.15, 0.2) is 0 Å². The van der Waals surface area contributed by atoms with Crippen molar-refractivity contribution in [3.8, 4) is 0 Å². The Morgan fingerprint density at radius 1 is 1.62 bits per heavy atom. The number of nitrogens with zero attached hydrogens (tertiary/aromatic N) is 3. The molecule has 0 radical (unpaired) electrons. The van der Waals surface area contributed by atoms with Crippen LogP contribution in [-0.2, 0) is 16.6 Å². The molecule has 116 valence electrons. The molecule has 0 saturated carbocycles. The molecular formula is C13H18ClN3O4. The summed E-state index contributed by atoms with van der Waals surface area (Å²) in [6.45, 7) is 1.17. The van der Waals surface area contributed by atoms with Crippen molar-refractivity contribution in [2.24, 2.45) is 7.05 Å². The van der Waals surface area contributed by atoms with E-state index in [0.29, 0.717) is 13.2 Å². The van der Waals surface area contributed by atoms with Crippen LogP contribution in [0.1, 0.15) is 29.8 Å². The Hall–Kier alpha value is -1.60. The van der Waals surface area contributed by atoms with Crippen LogP contribution in [-0.4, -0.2) is 57.5 Å². The molecule has 1 aliphatic heterocycles. The summed E-state index contributed by atoms with van der Waals surface area (Å²) < 4.78 is 6.92. The number of halogens is 1. The van der Waals surface area contributed by atoms with Gasteiger partial charge in [-0.05, 0) is 12.8 Å². The SMILES string of the molecule is Cn1ncc(Cl)c1C(=O)N(CCC(=O)O)CC1CCCO1. The largest absolute Gasteiger partial charge is 0.481 e. The Balaban J connectivity index is 2.12. The van der Waals surface area contributed by atoms with E-state index in [1.807, 2.05) is 0 Å². The van der Waals surface area contributed by atoms with E-state index in [2.05, 4.69) is 5.10 Å². The van der Waals surface area contributed by atoms with E-state index < -0.39 is 5.97 Å². The maximum Gasteiger partial charge on any atom is 0.305 e. The van der Waals surface area contributed by atoms with E-state index >= 15 is 0 Å². The van der Waals surface area contributed by atoms with Gasteiger partial charge in [0.25, 0.3) is 5.91 Å². The molecule has 1 fully saturated rings. The Kier molecular flexibility index (Phi) is 5.19. The molecule has 1 N–H and O–H groups in total. The van der Waals surface area contributed by atoms with Crippen molar-refractivity contribution in [2.75, 3.05) is 19.7 Å². The minimum absolute atomic E-state index is 0.0465. The Bertz CT molecular complexity index is 506. The van der Waals surface area contributed by atoms with E-state index in [-0.39, 0.29) is 35.7 Å². The third-order valence-corrected chi connectivity index (χ3v) is 3.70. The van der Waals surface area contributed by atoms with Gasteiger partial charge < -0.3 is 14.7 Å². The van der Waals surface area contributed by atoms with Gasteiger partial charge in [0, 0.05) is 26.7 Å². The summed E-state index contributed by atoms with van der Waals surface area (Å²) in [6, 6.07) is 0. The highest BCUT2D eigenvalue weighted by atomic mass is 35.5. The van der Waals surface area contributed by atoms with Crippen LogP contribution >= 0.6 is 11.6 Å². The molecule has 1 aromatic rings. The fourth-order valence-corrected chi connectivity index (χ4v) is 2.59. The standard InChI is InChI=1S/C13H18ClN3O4/c1-16-12(10(14)7-15-16)13(20)17(5-4-11(18)19)8-9-3-2-6-21-9/h7,9H,2-6,8H2,1H3,(H,18,19). The molecule has 0 spiro atoms. The van der Waals surface area contributed by atoms with Crippen LogP contribution in [0.3, 0.4) is 0 Å². The lowest BCUT2D eigenvalue weighted by atomic mass is 10.2. The lowest BCUT2D eigenvalue weighted by molar-refractivity contribution is -0.137. The monoisotopic (exact) mass is 315 g/mol. The van der Waals surface area contributed by atoms with Gasteiger partial charge in [0.2, 0.25) is 0 Å². The highest BCUT2D eigenvalue weighted by Gasteiger charge is 2.27. The van der Waals surface area contributed by atoms with Gasteiger partial charge in [0.05, 0.1) is 23.7 Å². The van der Waals surface area contributed by atoms with Crippen molar-refractivity contribution in [1.82, 2.24) is 14.7 Å². The Morgan fingerprint density at radius 3 is 2.90 bits per heavy atom. The van der Waals surface area contributed by atoms with Gasteiger partial charge in [-0.2, -0.15) is 5.10 Å². The number of aliphatic carboxylic acids is 1. The number of amides is 1. The number of rotatable bonds is 6. The van der Waals surface area contributed by atoms with Crippen molar-refractivity contribution >= 4 is 23.5 Å². The minimum atomic E-state index is -0.948. The van der Waals surface area contributed by atoms with Gasteiger partial charge in [-0.3, -0.25) is 14.3 Å². The average Bonchev–Trinajstić information content (AvgIpc) is 3.04. The molecule has 2 heterocycles. The van der Waals surface area contributed by atoms with Crippen LogP contribution in [0.15, 0.2) is 6.20 Å². The number of hydrogen-bond acceptors (Lipinski definition) is 4. The molecule has 7 nitrogen and oxygen atoms in total. The molecular weight excluding hydrogens is 298 g/mol. The van der Waals surface area contributed by atoms with Gasteiger partial charge in [-0.25, -0.2) is 0 Å². The first-order chi connectivity index (χ1) is 9.99. The van der Waals surface area contributed by atoms with Crippen molar-refractivity contribution in [1.29, 1.82) is 0 Å². The second-order valence-corrected chi connectivity index (χ2v) is 5.40. The predicted octanol–water partition coefficient (Wildman–Crippen LogP) is 1.17. The van der Waals surface area contributed by atoms with Crippen molar-refractivity contribution < 1.29 is 19.4 Å². The van der Waals surface area contributed by atoms with Crippen LogP contribution < -0.4 is 0 Å². The summed E-state index contributed by atoms with van der Waals surface area (Å²) in [5.41, 5.74) is 0.264. The molecule has 0 aromatic carbocycles. The molecule has 1 saturated heterocycles. The number of carboxylic acid groups (broad SMARTS) is 1. The van der Waals surface area contributed by atoms with Gasteiger partial charge in [0.1, 0.15) is 5.69 Å². The summed E-state index contributed by atoms with van der Waals surface area (Å²) in [6.07, 6.45) is 3.06. The summed E-state index contributed by atoms with van der Waals surface area (Å²) >= 11 is 5.98. The molecule has 8 heteroatoms. The summed E-state index contributed by atoms with van der Waals surface area (Å²) in [7, 11) is 1.63. The first-order valence-corrected chi connectivity index (χ1v) is 7.17. The molecule has 21 heavy (non-hydrogen) atoms. The lowest BCUT2D eigenvalue weighted by Gasteiger charge is -2.25. The number of carbonyl (C=O) groups is 2. The van der Waals surface area contributed by atoms with E-state index in [1.165, 1.54) is 15.8 Å². The lowest BCUT2D eigenvalue weighted by Crippen LogP contribution is -2.39. The zero-order valence-electron chi connectivity index (χ0n) is 11.8. The van der Waals surface area contributed by atoms with E-state index in [4.69, 9.17) is 21.4 Å². The number of hydrogen-bond donors (Lipinski definition) is 1. The molecule has 0 aliphatic carbocycles. The first-order valence-electron chi connectivity index (χ1n) is 6.79. The third-order valence-electron chi connectivity index (χ3n) is 3.43. The maximum atomic E-state index is 12.6. The summed E-state index contributed by atoms with van der Waals surface area (Å²) in [5, 5.41) is 13.0. The quantitative estimate of drug-likeness (QED) is 0.851. The number of carbonyl (C=O) groups excluding carboxylic acids is 1. The number of aromatic nitrogens is 2. The number of aryl methyl sites for hydroxylation is 1. The van der Waals surface area contributed by atoms with E-state index in [0.717, 1.165) is 12.8 Å². The zero-order chi connectivity index (χ0) is 15.4. The van der Waals surface area contributed by atoms with Crippen molar-refractivity contribution in [3.05, 3.63) is 16.9 Å². The van der Waals surface area contributed by atoms with E-state index in [9.17, 15) is 9.59 Å². The zero-order valence-corrected chi connectivity index (χ0v) is 12.5. The van der Waals surface area contributed by atoms with Crippen LogP contribution in [0, 0.1) is 0 Å². The molecule has 0 bridgehead atoms. The van der Waals surface area contributed by atoms with Gasteiger partial charge >= 0.3 is 5.97 Å². The summed E-state index contributed by atoms with van der Waals surface area (Å²) in [4.78, 5) is 24.8. The van der Waals surface area contributed by atoms with Crippen molar-refractivity contribution in [3.63, 3.8) is 0 Å². The second-order valence-electron chi connectivity index (χ2n) is 4.99. The Morgan fingerprint density at radius 2 is 2.38 bits per heavy atom. The number of ether oxygens (including phenoxy) is 1. The maximum absolute atomic E-state index is 12.6. The molecule has 2 rings (SSSR count). The van der Waals surface area contributed by atoms with Crippen LogP contribution in [0.5, 0.6) is 0 Å². The molecule has 1 amide bonds. The first kappa shape index (κ1) is 15.8. The van der Waals surface area contributed by atoms with Crippen LogP contribution in [0.2, 0.25) is 5.02 Å². The smallest absolute Gasteiger partial charge is 0.305 e. The Labute approximate surface area is 127 Å². The molecule has 1 atom stereocenters. The number of carboxylic acids is 1. The van der Waals surface area contributed by atoms with Crippen LogP contribution in [0.25, 0.3) is 0 Å². The fraction of sp³-hybridized carbons (Fsp3) is 0.615. The normalized spacial score (nSPS) is 17.9. The summed E-state index contributed by atoms with van der Waals surface area (Å²) in [5.74, 6) is -1.27. The topological polar surface area (TPSA) is 84.7 Å². The van der Waals surface area contributed by atoms with Gasteiger partial charge in [-0.1, -0.05) is 11.6 Å². The van der Waals surface area contributed by atoms with Gasteiger partial charge in [-0.15, -0.1) is 0 Å². The van der Waals surface area contributed by atoms with Crippen LogP contribution in [0.4, 0.5) is 0 Å². The minimum Gasteiger partial charge on any atom is -0.481 e. The predicted molar refractivity (Wildman–Crippen MR) is 75.3 cm³/mol. The highest BCUT2D eigenvalue weighted by molar-refractivity contribution is 6.33. The molecule has 1 unspecified atom stereocenters. The van der Waals surface area contributed by atoms with E-state index in [1.54, 1.807) is 7.05 Å². The molecule has 1 aliphatic rings. The third kappa shape index (κ3) is 3.95. The fourth-order valence-electron chi connectivity index (χ4n) is 2.34. The molecule has 1 aromatic heterocycles.